The Morgan fingerprint density at radius 2 is 1.52 bits per heavy atom. The lowest BCUT2D eigenvalue weighted by Crippen LogP contribution is -2.34. The Labute approximate surface area is 186 Å². The number of imidazole rings is 1. The zero-order valence-corrected chi connectivity index (χ0v) is 19.2. The van der Waals surface area contributed by atoms with Gasteiger partial charge in [0.2, 0.25) is 0 Å². The fraction of sp³-hybridized carbons (Fsp3) is 0.481. The third-order valence-corrected chi connectivity index (χ3v) is 5.99. The molecule has 0 atom stereocenters. The summed E-state index contributed by atoms with van der Waals surface area (Å²) in [5.74, 6) is 2.15. The number of fused-ring (bicyclic) bond motifs is 1. The molecule has 0 saturated carbocycles. The molecule has 0 N–H and O–H groups in total. The number of hydrogen-bond acceptors (Lipinski definition) is 2. The van der Waals surface area contributed by atoms with Crippen molar-refractivity contribution in [3.63, 3.8) is 0 Å². The van der Waals surface area contributed by atoms with Crippen LogP contribution in [0.1, 0.15) is 70.5 Å². The lowest BCUT2D eigenvalue weighted by molar-refractivity contribution is -0.655. The van der Waals surface area contributed by atoms with Gasteiger partial charge >= 0.3 is 0 Å². The largest absolute Gasteiger partial charge is 0.481 e. The summed E-state index contributed by atoms with van der Waals surface area (Å²) in [6, 6.07) is 18.1. The van der Waals surface area contributed by atoms with Crippen molar-refractivity contribution in [1.29, 1.82) is 0 Å². The van der Waals surface area contributed by atoms with Crippen LogP contribution >= 0.6 is 0 Å². The fourth-order valence-corrected chi connectivity index (χ4v) is 4.16. The molecule has 0 unspecified atom stereocenters. The van der Waals surface area contributed by atoms with Crippen LogP contribution in [0.25, 0.3) is 11.0 Å². The molecule has 166 valence electrons. The van der Waals surface area contributed by atoms with Gasteiger partial charge in [-0.15, -0.1) is 0 Å². The molecule has 4 heteroatoms. The van der Waals surface area contributed by atoms with Crippen LogP contribution in [0.5, 0.6) is 5.75 Å². The monoisotopic (exact) mass is 421 g/mol. The van der Waals surface area contributed by atoms with Gasteiger partial charge in [-0.3, -0.25) is 4.79 Å². The van der Waals surface area contributed by atoms with Gasteiger partial charge in [0.25, 0.3) is 5.82 Å². The van der Waals surface area contributed by atoms with Gasteiger partial charge in [0.1, 0.15) is 12.3 Å². The summed E-state index contributed by atoms with van der Waals surface area (Å²) in [7, 11) is 2.05. The van der Waals surface area contributed by atoms with E-state index in [2.05, 4.69) is 28.2 Å². The molecule has 31 heavy (non-hydrogen) atoms. The smallest absolute Gasteiger partial charge is 0.296 e. The van der Waals surface area contributed by atoms with E-state index in [0.29, 0.717) is 25.4 Å². The van der Waals surface area contributed by atoms with Crippen molar-refractivity contribution >= 4 is 16.8 Å². The number of ketones is 1. The number of benzene rings is 2. The Hall–Kier alpha value is -2.62. The molecule has 0 aliphatic carbocycles. The molecule has 0 bridgehead atoms. The van der Waals surface area contributed by atoms with E-state index in [4.69, 9.17) is 4.74 Å². The second kappa shape index (κ2) is 12.3. The van der Waals surface area contributed by atoms with Crippen molar-refractivity contribution in [2.75, 3.05) is 0 Å². The number of nitrogens with zero attached hydrogens (tertiary/aromatic N) is 2. The minimum atomic E-state index is 0.299. The number of Topliss-reactive ketones (excluding diaryl/α,β-unsaturated/α-hetero) is 1. The van der Waals surface area contributed by atoms with Gasteiger partial charge < -0.3 is 4.74 Å². The molecule has 0 spiro atoms. The van der Waals surface area contributed by atoms with E-state index in [1.165, 1.54) is 38.5 Å². The van der Waals surface area contributed by atoms with Crippen LogP contribution < -0.4 is 9.30 Å². The molecule has 4 nitrogen and oxygen atoms in total. The molecule has 0 aliphatic heterocycles. The van der Waals surface area contributed by atoms with Gasteiger partial charge in [-0.05, 0) is 30.7 Å². The molecule has 0 radical (unpaired) electrons. The number of carbonyl (C=O) groups is 1. The number of ether oxygens (including phenoxy) is 1. The molecular weight excluding hydrogens is 384 g/mol. The predicted molar refractivity (Wildman–Crippen MR) is 126 cm³/mol. The number of rotatable bonds is 14. The van der Waals surface area contributed by atoms with E-state index in [-0.39, 0.29) is 0 Å². The minimum Gasteiger partial charge on any atom is -0.481 e. The van der Waals surface area contributed by atoms with Gasteiger partial charge in [0.15, 0.2) is 23.4 Å². The quantitative estimate of drug-likeness (QED) is 0.231. The Morgan fingerprint density at radius 3 is 2.26 bits per heavy atom. The molecule has 1 aromatic heterocycles. The second-order valence-corrected chi connectivity index (χ2v) is 8.42. The van der Waals surface area contributed by atoms with E-state index >= 15 is 0 Å². The summed E-state index contributed by atoms with van der Waals surface area (Å²) in [5.41, 5.74) is 2.20. The highest BCUT2D eigenvalue weighted by molar-refractivity contribution is 5.81. The molecule has 0 amide bonds. The molecule has 0 fully saturated rings. The molecule has 3 rings (SSSR count). The van der Waals surface area contributed by atoms with Crippen molar-refractivity contribution < 1.29 is 14.1 Å². The normalized spacial score (nSPS) is 11.2. The molecule has 3 aromatic rings. The molecule has 2 aromatic carbocycles. The van der Waals surface area contributed by atoms with Crippen molar-refractivity contribution in [2.24, 2.45) is 7.05 Å². The van der Waals surface area contributed by atoms with Crippen molar-refractivity contribution in [3.05, 3.63) is 60.4 Å². The maximum Gasteiger partial charge on any atom is 0.296 e. The minimum absolute atomic E-state index is 0.299. The van der Waals surface area contributed by atoms with E-state index in [1.807, 2.05) is 49.5 Å². The summed E-state index contributed by atoms with van der Waals surface area (Å²) in [5, 5.41) is 0. The summed E-state index contributed by atoms with van der Waals surface area (Å²) in [4.78, 5) is 12.8. The van der Waals surface area contributed by atoms with E-state index in [0.717, 1.165) is 35.4 Å². The van der Waals surface area contributed by atoms with Gasteiger partial charge in [0.05, 0.1) is 7.05 Å². The topological polar surface area (TPSA) is 35.1 Å². The molecule has 0 aliphatic rings. The first kappa shape index (κ1) is 23.1. The molecule has 1 heterocycles. The first-order valence-corrected chi connectivity index (χ1v) is 11.9. The Balaban J connectivity index is 1.59. The van der Waals surface area contributed by atoms with Crippen LogP contribution in [0.15, 0.2) is 54.6 Å². The Morgan fingerprint density at radius 1 is 0.871 bits per heavy atom. The third kappa shape index (κ3) is 6.68. The zero-order valence-electron chi connectivity index (χ0n) is 19.2. The highest BCUT2D eigenvalue weighted by Crippen LogP contribution is 2.18. The summed E-state index contributed by atoms with van der Waals surface area (Å²) >= 11 is 0. The lowest BCUT2D eigenvalue weighted by atomic mass is 10.1. The summed E-state index contributed by atoms with van der Waals surface area (Å²) in [6.07, 6.45) is 10.7. The van der Waals surface area contributed by atoms with E-state index in [9.17, 15) is 4.79 Å². The number of aromatic nitrogens is 2. The van der Waals surface area contributed by atoms with Crippen LogP contribution in [0.4, 0.5) is 0 Å². The predicted octanol–water partition coefficient (Wildman–Crippen LogP) is 6.14. The van der Waals surface area contributed by atoms with Crippen LogP contribution in [0, 0.1) is 0 Å². The molecule has 0 saturated heterocycles. The average Bonchev–Trinajstić information content (AvgIpc) is 3.06. The Bertz CT molecular complexity index is 947. The number of hydrogen-bond donors (Lipinski definition) is 0. The van der Waals surface area contributed by atoms with Gasteiger partial charge in [0, 0.05) is 6.42 Å². The number of carbonyl (C=O) groups excluding carboxylic acids is 1. The van der Waals surface area contributed by atoms with Crippen molar-refractivity contribution in [3.8, 4) is 5.75 Å². The van der Waals surface area contributed by atoms with Crippen molar-refractivity contribution in [2.45, 2.75) is 77.9 Å². The summed E-state index contributed by atoms with van der Waals surface area (Å²) in [6.45, 7) is 3.09. The SMILES string of the molecule is CCCCCCCCCCC(=O)Cn1c(COc2ccccc2)[n+](C)c2ccccc21. The standard InChI is InChI=1S/C27H37N2O2/c1-3-4-5-6-7-8-9-11-16-23(30)21-29-26-20-15-14-19-25(26)28(2)27(29)22-31-24-17-12-10-13-18-24/h10,12-15,17-20H,3-9,11,16,21-22H2,1-2H3/q+1. The first-order valence-electron chi connectivity index (χ1n) is 11.9. The van der Waals surface area contributed by atoms with Gasteiger partial charge in [-0.2, -0.15) is 0 Å². The van der Waals surface area contributed by atoms with E-state index < -0.39 is 0 Å². The summed E-state index contributed by atoms with van der Waals surface area (Å²) < 4.78 is 10.3. The van der Waals surface area contributed by atoms with Crippen LogP contribution in [-0.4, -0.2) is 10.4 Å². The third-order valence-electron chi connectivity index (χ3n) is 5.99. The number of para-hydroxylation sites is 3. The maximum absolute atomic E-state index is 12.8. The molecular formula is C27H37N2O2+. The first-order chi connectivity index (χ1) is 15.2. The maximum atomic E-state index is 12.8. The van der Waals surface area contributed by atoms with Crippen LogP contribution in [-0.2, 0) is 25.0 Å². The number of unbranched alkanes of at least 4 members (excludes halogenated alkanes) is 7. The van der Waals surface area contributed by atoms with Gasteiger partial charge in [-0.25, -0.2) is 9.13 Å². The lowest BCUT2D eigenvalue weighted by Gasteiger charge is -2.06. The van der Waals surface area contributed by atoms with Crippen LogP contribution in [0.2, 0.25) is 0 Å². The Kier molecular flexibility index (Phi) is 9.14. The average molecular weight is 422 g/mol. The van der Waals surface area contributed by atoms with Gasteiger partial charge in [-0.1, -0.05) is 82.2 Å². The highest BCUT2D eigenvalue weighted by Gasteiger charge is 2.24. The fourth-order valence-electron chi connectivity index (χ4n) is 4.16. The van der Waals surface area contributed by atoms with Crippen LogP contribution in [0.3, 0.4) is 0 Å². The zero-order chi connectivity index (χ0) is 21.9. The highest BCUT2D eigenvalue weighted by atomic mass is 16.5. The van der Waals surface area contributed by atoms with Crippen molar-refractivity contribution in [1.82, 2.24) is 4.57 Å². The number of aryl methyl sites for hydroxylation is 1. The van der Waals surface area contributed by atoms with E-state index in [1.54, 1.807) is 0 Å². The second-order valence-electron chi connectivity index (χ2n) is 8.42.